The minimum Gasteiger partial charge on any atom is -0.445 e. The Morgan fingerprint density at radius 1 is 1.17 bits per heavy atom. The highest BCUT2D eigenvalue weighted by atomic mass is 19.1. The van der Waals surface area contributed by atoms with E-state index in [2.05, 4.69) is 30.8 Å². The van der Waals surface area contributed by atoms with Gasteiger partial charge in [0, 0.05) is 30.7 Å². The first kappa shape index (κ1) is 26.2. The summed E-state index contributed by atoms with van der Waals surface area (Å²) in [5, 5.41) is 15.3. The molecule has 12 nitrogen and oxygen atoms in total. The van der Waals surface area contributed by atoms with Crippen LogP contribution >= 0.6 is 0 Å². The Morgan fingerprint density at radius 2 is 2.00 bits per heavy atom. The first-order valence-corrected chi connectivity index (χ1v) is 13.3. The maximum absolute atomic E-state index is 14.9. The van der Waals surface area contributed by atoms with Gasteiger partial charge in [-0.2, -0.15) is 9.61 Å². The molecule has 13 heteroatoms. The molecule has 0 aliphatic carbocycles. The number of benzene rings is 2. The van der Waals surface area contributed by atoms with E-state index in [1.165, 1.54) is 15.5 Å². The van der Waals surface area contributed by atoms with E-state index in [9.17, 15) is 14.0 Å². The van der Waals surface area contributed by atoms with E-state index in [0.717, 1.165) is 5.56 Å². The Labute approximate surface area is 234 Å². The van der Waals surface area contributed by atoms with E-state index in [1.807, 2.05) is 50.4 Å². The molecule has 2 amide bonds. The van der Waals surface area contributed by atoms with Crippen LogP contribution in [0.2, 0.25) is 0 Å². The fraction of sp³-hybridized carbons (Fsp3) is 0.286. The third-order valence-electron chi connectivity index (χ3n) is 6.81. The molecule has 210 valence electrons. The van der Waals surface area contributed by atoms with Gasteiger partial charge in [0.25, 0.3) is 0 Å². The number of carbonyl (C=O) groups is 2. The summed E-state index contributed by atoms with van der Waals surface area (Å²) in [7, 11) is 0. The van der Waals surface area contributed by atoms with Gasteiger partial charge in [-0.05, 0) is 31.5 Å². The molecule has 2 aromatic carbocycles. The molecule has 2 N–H and O–H groups in total. The van der Waals surface area contributed by atoms with Crippen molar-refractivity contribution >= 4 is 34.5 Å². The van der Waals surface area contributed by atoms with Crippen molar-refractivity contribution in [3.63, 3.8) is 0 Å². The summed E-state index contributed by atoms with van der Waals surface area (Å²) in [6, 6.07) is 13.2. The Bertz CT molecular complexity index is 1730. The number of halogens is 1. The van der Waals surface area contributed by atoms with Crippen LogP contribution in [0.4, 0.5) is 15.1 Å². The van der Waals surface area contributed by atoms with Gasteiger partial charge in [-0.1, -0.05) is 36.4 Å². The minimum atomic E-state index is -0.918. The number of anilines is 1. The standard InChI is InChI=1S/C28H28FN9O3/c1-17(2)37-14-19(13-31-37)24-34-25-20-9-6-10-21(29)23(20)33-27(38(25)35-24)32-22-15-36(12-11-30-26(22)39)28(40)41-16-18-7-4-3-5-8-18/h3-10,13-14,17,22H,11-12,15-16H2,1-2H3,(H,30,39)(H,32,33)/t22-/m1/s1. The Balaban J connectivity index is 1.32. The van der Waals surface area contributed by atoms with Crippen LogP contribution in [0.1, 0.15) is 25.5 Å². The number of nitrogens with zero attached hydrogens (tertiary/aromatic N) is 7. The smallest absolute Gasteiger partial charge is 0.410 e. The molecular formula is C28H28FN9O3. The lowest BCUT2D eigenvalue weighted by molar-refractivity contribution is -0.121. The number of para-hydroxylation sites is 1. The topological polar surface area (TPSA) is 132 Å². The second kappa shape index (κ2) is 10.8. The van der Waals surface area contributed by atoms with E-state index in [0.29, 0.717) is 22.4 Å². The molecule has 0 spiro atoms. The number of amides is 2. The van der Waals surface area contributed by atoms with Gasteiger partial charge in [-0.15, -0.1) is 5.10 Å². The van der Waals surface area contributed by atoms with Crippen LogP contribution < -0.4 is 10.6 Å². The third kappa shape index (κ3) is 5.25. The molecule has 1 saturated heterocycles. The first-order valence-electron chi connectivity index (χ1n) is 13.3. The maximum Gasteiger partial charge on any atom is 0.410 e. The van der Waals surface area contributed by atoms with Gasteiger partial charge in [-0.3, -0.25) is 9.48 Å². The fourth-order valence-corrected chi connectivity index (χ4v) is 4.62. The average Bonchev–Trinajstić information content (AvgIpc) is 3.60. The molecule has 1 aliphatic heterocycles. The normalized spacial score (nSPS) is 15.8. The number of fused-ring (bicyclic) bond motifs is 3. The van der Waals surface area contributed by atoms with E-state index < -0.39 is 18.0 Å². The maximum atomic E-state index is 14.9. The molecule has 0 radical (unpaired) electrons. The largest absolute Gasteiger partial charge is 0.445 e. The van der Waals surface area contributed by atoms with E-state index in [4.69, 9.17) is 4.74 Å². The van der Waals surface area contributed by atoms with Gasteiger partial charge in [0.05, 0.1) is 18.3 Å². The van der Waals surface area contributed by atoms with Crippen LogP contribution in [0.5, 0.6) is 0 Å². The summed E-state index contributed by atoms with van der Waals surface area (Å²) >= 11 is 0. The molecule has 0 saturated carbocycles. The summed E-state index contributed by atoms with van der Waals surface area (Å²) < 4.78 is 23.6. The molecule has 0 unspecified atom stereocenters. The second-order valence-electron chi connectivity index (χ2n) is 10.0. The highest BCUT2D eigenvalue weighted by molar-refractivity contribution is 5.94. The zero-order valence-corrected chi connectivity index (χ0v) is 22.5. The van der Waals surface area contributed by atoms with Gasteiger partial charge in [0.1, 0.15) is 24.0 Å². The van der Waals surface area contributed by atoms with Crippen LogP contribution in [0.3, 0.4) is 0 Å². The number of aromatic nitrogens is 6. The summed E-state index contributed by atoms with van der Waals surface area (Å²) in [6.07, 6.45) is 2.95. The number of carbonyl (C=O) groups excluding carboxylic acids is 2. The lowest BCUT2D eigenvalue weighted by Crippen LogP contribution is -2.44. The van der Waals surface area contributed by atoms with E-state index in [-0.39, 0.29) is 49.7 Å². The van der Waals surface area contributed by atoms with Crippen molar-refractivity contribution < 1.29 is 18.7 Å². The average molecular weight is 558 g/mol. The van der Waals surface area contributed by atoms with Crippen molar-refractivity contribution in [1.29, 1.82) is 0 Å². The van der Waals surface area contributed by atoms with Crippen LogP contribution in [-0.4, -0.2) is 71.9 Å². The number of nitrogens with one attached hydrogen (secondary N) is 2. The molecule has 5 aromatic rings. The summed E-state index contributed by atoms with van der Waals surface area (Å²) in [5.74, 6) is -0.408. The zero-order valence-electron chi connectivity index (χ0n) is 22.5. The monoisotopic (exact) mass is 557 g/mol. The second-order valence-corrected chi connectivity index (χ2v) is 10.0. The summed E-state index contributed by atoms with van der Waals surface area (Å²) in [4.78, 5) is 36.5. The van der Waals surface area contributed by atoms with Crippen molar-refractivity contribution in [3.8, 4) is 11.4 Å². The van der Waals surface area contributed by atoms with Crippen LogP contribution in [0, 0.1) is 5.82 Å². The highest BCUT2D eigenvalue weighted by Gasteiger charge is 2.30. The van der Waals surface area contributed by atoms with Crippen molar-refractivity contribution in [3.05, 3.63) is 72.3 Å². The molecule has 1 atom stereocenters. The quantitative estimate of drug-likeness (QED) is 0.325. The van der Waals surface area contributed by atoms with Crippen molar-refractivity contribution in [2.45, 2.75) is 32.5 Å². The lowest BCUT2D eigenvalue weighted by Gasteiger charge is -2.23. The number of rotatable bonds is 6. The van der Waals surface area contributed by atoms with Crippen LogP contribution in [0.15, 0.2) is 60.9 Å². The SMILES string of the molecule is CC(C)n1cc(-c2nc3c4cccc(F)c4nc(N[C@@H]4CN(C(=O)OCc5ccccc5)CCNC4=O)n3n2)cn1. The third-order valence-corrected chi connectivity index (χ3v) is 6.81. The molecular weight excluding hydrogens is 529 g/mol. The molecule has 0 bridgehead atoms. The van der Waals surface area contributed by atoms with Crippen molar-refractivity contribution in [2.75, 3.05) is 25.0 Å². The zero-order chi connectivity index (χ0) is 28.5. The Morgan fingerprint density at radius 3 is 2.78 bits per heavy atom. The van der Waals surface area contributed by atoms with Crippen LogP contribution in [0.25, 0.3) is 27.9 Å². The molecule has 4 heterocycles. The number of hydrogen-bond donors (Lipinski definition) is 2. The van der Waals surface area contributed by atoms with E-state index >= 15 is 0 Å². The molecule has 1 fully saturated rings. The highest BCUT2D eigenvalue weighted by Crippen LogP contribution is 2.26. The lowest BCUT2D eigenvalue weighted by atomic mass is 10.2. The van der Waals surface area contributed by atoms with Crippen LogP contribution in [-0.2, 0) is 16.1 Å². The van der Waals surface area contributed by atoms with Gasteiger partial charge in [0.2, 0.25) is 11.9 Å². The molecule has 1 aliphatic rings. The summed E-state index contributed by atoms with van der Waals surface area (Å²) in [5.41, 5.74) is 1.97. The number of ether oxygens (including phenoxy) is 1. The van der Waals surface area contributed by atoms with Gasteiger partial charge < -0.3 is 20.3 Å². The first-order chi connectivity index (χ1) is 19.9. The van der Waals surface area contributed by atoms with Crippen molar-refractivity contribution in [2.24, 2.45) is 0 Å². The summed E-state index contributed by atoms with van der Waals surface area (Å²) in [6.45, 7) is 4.64. The van der Waals surface area contributed by atoms with Gasteiger partial charge >= 0.3 is 6.09 Å². The van der Waals surface area contributed by atoms with Crippen molar-refractivity contribution in [1.82, 2.24) is 39.6 Å². The Hall–Kier alpha value is -5.07. The molecule has 6 rings (SSSR count). The Kier molecular flexibility index (Phi) is 6.91. The molecule has 3 aromatic heterocycles. The number of hydrogen-bond acceptors (Lipinski definition) is 8. The molecule has 41 heavy (non-hydrogen) atoms. The van der Waals surface area contributed by atoms with E-state index in [1.54, 1.807) is 23.0 Å². The predicted octanol–water partition coefficient (Wildman–Crippen LogP) is 3.41. The fourth-order valence-electron chi connectivity index (χ4n) is 4.62. The minimum absolute atomic E-state index is 0.000647. The van der Waals surface area contributed by atoms with Gasteiger partial charge in [0.15, 0.2) is 11.5 Å². The van der Waals surface area contributed by atoms with Gasteiger partial charge in [-0.25, -0.2) is 19.2 Å². The predicted molar refractivity (Wildman–Crippen MR) is 148 cm³/mol.